The molecule has 1 rings (SSSR count). The number of unbranched alkanes of at least 4 members (excludes halogenated alkanes) is 9. The summed E-state index contributed by atoms with van der Waals surface area (Å²) in [5.41, 5.74) is 0. The first-order valence-corrected chi connectivity index (χ1v) is 12.0. The van der Waals surface area contributed by atoms with Crippen molar-refractivity contribution in [2.75, 3.05) is 19.6 Å². The highest BCUT2D eigenvalue weighted by Gasteiger charge is 2.36. The van der Waals surface area contributed by atoms with Crippen molar-refractivity contribution in [1.29, 1.82) is 0 Å². The Bertz CT molecular complexity index is 299. The molecule has 3 nitrogen and oxygen atoms in total. The summed E-state index contributed by atoms with van der Waals surface area (Å²) >= 11 is 0. The molecule has 0 amide bonds. The second-order valence-electron chi connectivity index (χ2n) is 8.37. The zero-order chi connectivity index (χ0) is 19.0. The third-order valence-corrected chi connectivity index (χ3v) is 5.90. The lowest BCUT2D eigenvalue weighted by molar-refractivity contribution is 0.429. The maximum Gasteiger partial charge on any atom is 0.289 e. The smallest absolute Gasteiger partial charge is 0.289 e. The van der Waals surface area contributed by atoms with Crippen molar-refractivity contribution in [3.05, 3.63) is 0 Å². The number of hydrogen-bond donors (Lipinski definition) is 0. The third kappa shape index (κ3) is 9.85. The molecule has 0 atom stereocenters. The summed E-state index contributed by atoms with van der Waals surface area (Å²) in [7, 11) is 2.39. The first-order valence-electron chi connectivity index (χ1n) is 12.0. The Morgan fingerprint density at radius 3 is 1.35 bits per heavy atom. The highest BCUT2D eigenvalue weighted by Crippen LogP contribution is 2.16. The van der Waals surface area contributed by atoms with E-state index in [1.807, 2.05) is 0 Å². The average Bonchev–Trinajstić information content (AvgIpc) is 2.66. The van der Waals surface area contributed by atoms with Gasteiger partial charge in [-0.3, -0.25) is 0 Å². The van der Waals surface area contributed by atoms with Crippen molar-refractivity contribution in [2.45, 2.75) is 111 Å². The Morgan fingerprint density at radius 1 is 0.538 bits per heavy atom. The molecule has 0 aromatic carbocycles. The van der Waals surface area contributed by atoms with Crippen molar-refractivity contribution in [3.8, 4) is 0 Å². The fourth-order valence-corrected chi connectivity index (χ4v) is 4.32. The van der Waals surface area contributed by atoms with Crippen LogP contribution in [0, 0.1) is 0 Å². The summed E-state index contributed by atoms with van der Waals surface area (Å²) in [5.74, 6) is 0. The fourth-order valence-electron chi connectivity index (χ4n) is 4.32. The summed E-state index contributed by atoms with van der Waals surface area (Å²) in [5, 5.41) is 0. The molecular formula is C20H46B3N3. The van der Waals surface area contributed by atoms with Gasteiger partial charge in [0, 0.05) is 0 Å². The van der Waals surface area contributed by atoms with E-state index < -0.39 is 0 Å². The minimum atomic E-state index is 0.671. The molecule has 26 heavy (non-hydrogen) atoms. The minimum absolute atomic E-state index is 0.671. The molecule has 1 aliphatic heterocycles. The van der Waals surface area contributed by atoms with E-state index in [0.717, 1.165) is 0 Å². The van der Waals surface area contributed by atoms with Gasteiger partial charge in [-0.15, -0.1) is 0 Å². The second kappa shape index (κ2) is 16.1. The first-order chi connectivity index (χ1) is 12.8. The molecule has 0 unspecified atom stereocenters. The largest absolute Gasteiger partial charge is 0.363 e. The molecular weight excluding hydrogens is 315 g/mol. The van der Waals surface area contributed by atoms with Gasteiger partial charge in [0.25, 0.3) is 22.1 Å². The Morgan fingerprint density at radius 2 is 0.962 bits per heavy atom. The van der Waals surface area contributed by atoms with Gasteiger partial charge in [-0.2, -0.15) is 0 Å². The standard InChI is InChI=1S/C20H46B3N3/c1-5-9-12-15-18-24-21-25(19-16-13-10-6-2)23(8-4)26(22-24)20-17-14-11-7-3/h21-22H,5-20H2,1-4H3. The molecule has 1 heterocycles. The summed E-state index contributed by atoms with van der Waals surface area (Å²) in [6.07, 6.45) is 17.8. The van der Waals surface area contributed by atoms with Gasteiger partial charge in [0.2, 0.25) is 0 Å². The van der Waals surface area contributed by atoms with Gasteiger partial charge in [0.15, 0.2) is 0 Å². The molecule has 1 saturated heterocycles. The lowest BCUT2D eigenvalue weighted by atomic mass is 9.56. The van der Waals surface area contributed by atoms with E-state index in [4.69, 9.17) is 0 Å². The monoisotopic (exact) mass is 361 g/mol. The van der Waals surface area contributed by atoms with Gasteiger partial charge in [-0.1, -0.05) is 85.5 Å². The molecule has 0 N–H and O–H groups in total. The van der Waals surface area contributed by atoms with E-state index in [0.29, 0.717) is 6.98 Å². The van der Waals surface area contributed by atoms with E-state index in [1.54, 1.807) is 0 Å². The first kappa shape index (κ1) is 24.1. The van der Waals surface area contributed by atoms with Crippen LogP contribution in [-0.2, 0) is 0 Å². The summed E-state index contributed by atoms with van der Waals surface area (Å²) in [6, 6.07) is 0. The molecule has 0 aliphatic carbocycles. The van der Waals surface area contributed by atoms with Crippen LogP contribution in [0.2, 0.25) is 6.32 Å². The van der Waals surface area contributed by atoms with Gasteiger partial charge in [-0.25, -0.2) is 0 Å². The van der Waals surface area contributed by atoms with Crippen LogP contribution in [0.25, 0.3) is 0 Å². The Balaban J connectivity index is 2.55. The summed E-state index contributed by atoms with van der Waals surface area (Å²) in [6.45, 7) is 13.9. The fraction of sp³-hybridized carbons (Fsp3) is 1.00. The molecule has 1 aliphatic rings. The number of nitrogens with zero attached hydrogens (tertiary/aromatic N) is 3. The molecule has 0 bridgehead atoms. The zero-order valence-electron chi connectivity index (χ0n) is 18.6. The van der Waals surface area contributed by atoms with Crippen LogP contribution in [0.1, 0.15) is 105 Å². The molecule has 6 heteroatoms. The molecule has 150 valence electrons. The lowest BCUT2D eigenvalue weighted by Crippen LogP contribution is -2.67. The van der Waals surface area contributed by atoms with Crippen LogP contribution in [0.3, 0.4) is 0 Å². The van der Waals surface area contributed by atoms with Crippen LogP contribution < -0.4 is 0 Å². The van der Waals surface area contributed by atoms with Crippen molar-refractivity contribution < 1.29 is 0 Å². The van der Waals surface area contributed by atoms with E-state index in [-0.39, 0.29) is 0 Å². The van der Waals surface area contributed by atoms with E-state index >= 15 is 0 Å². The Hall–Kier alpha value is 0.0748. The molecule has 1 fully saturated rings. The molecule has 0 radical (unpaired) electrons. The normalized spacial score (nSPS) is 16.7. The van der Waals surface area contributed by atoms with Crippen molar-refractivity contribution in [3.63, 3.8) is 0 Å². The maximum atomic E-state index is 2.79. The van der Waals surface area contributed by atoms with Gasteiger partial charge in [-0.05, 0) is 45.2 Å². The van der Waals surface area contributed by atoms with Crippen LogP contribution in [0.5, 0.6) is 0 Å². The van der Waals surface area contributed by atoms with Crippen LogP contribution in [-0.4, -0.2) is 55.9 Å². The average molecular weight is 361 g/mol. The van der Waals surface area contributed by atoms with Crippen molar-refractivity contribution >= 4 is 22.1 Å². The third-order valence-electron chi connectivity index (χ3n) is 5.90. The maximum absolute atomic E-state index is 2.79. The van der Waals surface area contributed by atoms with Crippen LogP contribution >= 0.6 is 0 Å². The number of hydrogen-bond acceptors (Lipinski definition) is 3. The predicted octanol–water partition coefficient (Wildman–Crippen LogP) is 4.69. The Labute approximate surface area is 167 Å². The predicted molar refractivity (Wildman–Crippen MR) is 123 cm³/mol. The van der Waals surface area contributed by atoms with Crippen molar-refractivity contribution in [2.24, 2.45) is 0 Å². The summed E-state index contributed by atoms with van der Waals surface area (Å²) in [4.78, 5) is 0. The quantitative estimate of drug-likeness (QED) is 0.292. The van der Waals surface area contributed by atoms with Crippen LogP contribution in [0.15, 0.2) is 0 Å². The topological polar surface area (TPSA) is 9.72 Å². The molecule has 0 saturated carbocycles. The Kier molecular flexibility index (Phi) is 14.9. The SMILES string of the molecule is CCCCCCN1BN(CCCCCC)B(CC)N(CCCCCC)B1. The number of rotatable bonds is 16. The second-order valence-corrected chi connectivity index (χ2v) is 8.37. The molecule has 0 aromatic rings. The van der Waals surface area contributed by atoms with E-state index in [2.05, 4.69) is 41.9 Å². The van der Waals surface area contributed by atoms with Gasteiger partial charge in [0.1, 0.15) is 0 Å². The van der Waals surface area contributed by atoms with E-state index in [9.17, 15) is 0 Å². The highest BCUT2D eigenvalue weighted by atomic mass is 15.3. The van der Waals surface area contributed by atoms with Gasteiger partial charge in [0.05, 0.1) is 0 Å². The summed E-state index contributed by atoms with van der Waals surface area (Å²) < 4.78 is 8.30. The van der Waals surface area contributed by atoms with E-state index in [1.165, 1.54) is 118 Å². The van der Waals surface area contributed by atoms with Gasteiger partial charge >= 0.3 is 0 Å². The lowest BCUT2D eigenvalue weighted by Gasteiger charge is -2.46. The minimum Gasteiger partial charge on any atom is -0.363 e. The van der Waals surface area contributed by atoms with Crippen molar-refractivity contribution in [1.82, 2.24) is 14.2 Å². The van der Waals surface area contributed by atoms with Gasteiger partial charge < -0.3 is 14.2 Å². The highest BCUT2D eigenvalue weighted by molar-refractivity contribution is 6.74. The zero-order valence-corrected chi connectivity index (χ0v) is 18.6. The molecule has 0 aromatic heterocycles. The van der Waals surface area contributed by atoms with Crippen LogP contribution in [0.4, 0.5) is 0 Å². The molecule has 0 spiro atoms.